The van der Waals surface area contributed by atoms with E-state index in [4.69, 9.17) is 14.5 Å². The van der Waals surface area contributed by atoms with Crippen molar-refractivity contribution in [1.82, 2.24) is 14.5 Å². The van der Waals surface area contributed by atoms with Gasteiger partial charge in [-0.05, 0) is 56.4 Å². The summed E-state index contributed by atoms with van der Waals surface area (Å²) in [5, 5.41) is 1.08. The number of rotatable bonds is 8. The normalized spacial score (nSPS) is 20.6. The fourth-order valence-electron chi connectivity index (χ4n) is 5.31. The number of aromatic nitrogens is 2. The molecule has 2 atom stereocenters. The zero-order valence-electron chi connectivity index (χ0n) is 21.3. The van der Waals surface area contributed by atoms with Crippen molar-refractivity contribution < 1.29 is 14.3 Å². The summed E-state index contributed by atoms with van der Waals surface area (Å²) in [6.07, 6.45) is 8.93. The molecule has 35 heavy (non-hydrogen) atoms. The molecule has 190 valence electrons. The van der Waals surface area contributed by atoms with Gasteiger partial charge in [-0.15, -0.1) is 0 Å². The van der Waals surface area contributed by atoms with Gasteiger partial charge in [0, 0.05) is 25.7 Å². The van der Waals surface area contributed by atoms with Crippen LogP contribution < -0.4 is 15.0 Å². The summed E-state index contributed by atoms with van der Waals surface area (Å²) in [5.74, 6) is 2.43. The summed E-state index contributed by atoms with van der Waals surface area (Å²) in [4.78, 5) is 33.5. The van der Waals surface area contributed by atoms with Gasteiger partial charge >= 0.3 is 0 Å². The minimum absolute atomic E-state index is 0.108. The van der Waals surface area contributed by atoms with Crippen LogP contribution in [0.15, 0.2) is 33.7 Å². The summed E-state index contributed by atoms with van der Waals surface area (Å²) < 4.78 is 12.6. The molecule has 1 saturated heterocycles. The van der Waals surface area contributed by atoms with Crippen LogP contribution in [-0.4, -0.2) is 53.4 Å². The molecule has 1 fully saturated rings. The van der Waals surface area contributed by atoms with E-state index >= 15 is 0 Å². The van der Waals surface area contributed by atoms with Gasteiger partial charge in [0.15, 0.2) is 16.7 Å². The first-order valence-electron chi connectivity index (χ1n) is 12.6. The molecule has 2 unspecified atom stereocenters. The number of carbonyl (C=O) groups is 1. The molecule has 1 aliphatic heterocycles. The summed E-state index contributed by atoms with van der Waals surface area (Å²) in [6, 6.07) is 3.44. The Labute approximate surface area is 211 Å². The minimum Gasteiger partial charge on any atom is -0.493 e. The lowest BCUT2D eigenvalue weighted by atomic mass is 9.92. The van der Waals surface area contributed by atoms with E-state index in [0.717, 1.165) is 38.8 Å². The molecule has 0 radical (unpaired) electrons. The number of piperidine rings is 1. The number of amides is 1. The number of nitrogens with zero attached hydrogens (tertiary/aromatic N) is 3. The van der Waals surface area contributed by atoms with E-state index < -0.39 is 0 Å². The van der Waals surface area contributed by atoms with Crippen LogP contribution in [0.1, 0.15) is 52.4 Å². The maximum absolute atomic E-state index is 13.6. The molecule has 4 rings (SSSR count). The van der Waals surface area contributed by atoms with Gasteiger partial charge in [-0.3, -0.25) is 14.2 Å². The maximum atomic E-state index is 13.6. The smallest absolute Gasteiger partial charge is 0.262 e. The quantitative estimate of drug-likeness (QED) is 0.292. The molecule has 0 N–H and O–H groups in total. The predicted octanol–water partition coefficient (Wildman–Crippen LogP) is 4.90. The second-order valence-corrected chi connectivity index (χ2v) is 10.9. The third-order valence-electron chi connectivity index (χ3n) is 7.01. The zero-order chi connectivity index (χ0) is 24.9. The lowest BCUT2D eigenvalue weighted by Gasteiger charge is -2.35. The Bertz CT molecular complexity index is 1150. The van der Waals surface area contributed by atoms with Crippen LogP contribution >= 0.6 is 11.8 Å². The topological polar surface area (TPSA) is 73.7 Å². The molecule has 1 aromatic heterocycles. The number of carbonyl (C=O) groups excluding carboxylic acids is 1. The Morgan fingerprint density at radius 3 is 2.49 bits per heavy atom. The highest BCUT2D eigenvalue weighted by Gasteiger charge is 2.26. The molecule has 8 heteroatoms. The summed E-state index contributed by atoms with van der Waals surface area (Å²) >= 11 is 1.36. The Hall–Kier alpha value is -2.48. The highest BCUT2D eigenvalue weighted by molar-refractivity contribution is 7.99. The Morgan fingerprint density at radius 2 is 1.83 bits per heavy atom. The van der Waals surface area contributed by atoms with Gasteiger partial charge in [-0.2, -0.15) is 0 Å². The Morgan fingerprint density at radius 1 is 1.11 bits per heavy atom. The average molecular weight is 500 g/mol. The lowest BCUT2D eigenvalue weighted by molar-refractivity contribution is -0.130. The van der Waals surface area contributed by atoms with Gasteiger partial charge in [0.2, 0.25) is 5.91 Å². The number of hydrogen-bond donors (Lipinski definition) is 0. The van der Waals surface area contributed by atoms with Crippen LogP contribution in [0, 0.1) is 11.8 Å². The summed E-state index contributed by atoms with van der Waals surface area (Å²) in [5.41, 5.74) is 1.84. The van der Waals surface area contributed by atoms with Crippen molar-refractivity contribution in [2.24, 2.45) is 11.8 Å². The standard InChI is InChI=1S/C27H37N3O4S/c1-18-12-19(2)16-29(15-18)25(31)17-35-27-28-22-14-24(34-4)23(33-3)13-21(22)26(32)30(27)11-10-20-8-6-5-7-9-20/h8,13-14,18-19H,5-7,9-12,15-17H2,1-4H3. The van der Waals surface area contributed by atoms with E-state index in [9.17, 15) is 9.59 Å². The molecule has 0 bridgehead atoms. The van der Waals surface area contributed by atoms with Crippen molar-refractivity contribution in [3.05, 3.63) is 34.1 Å². The molecular formula is C27H37N3O4S. The molecule has 2 aromatic rings. The van der Waals surface area contributed by atoms with E-state index in [1.165, 1.54) is 30.2 Å². The van der Waals surface area contributed by atoms with Crippen molar-refractivity contribution in [2.75, 3.05) is 33.1 Å². The van der Waals surface area contributed by atoms with Gasteiger partial charge in [-0.1, -0.05) is 37.3 Å². The first-order valence-corrected chi connectivity index (χ1v) is 13.6. The van der Waals surface area contributed by atoms with Crippen molar-refractivity contribution in [3.8, 4) is 11.5 Å². The van der Waals surface area contributed by atoms with Crippen molar-refractivity contribution in [2.45, 2.75) is 64.1 Å². The van der Waals surface area contributed by atoms with Crippen LogP contribution in [0.5, 0.6) is 11.5 Å². The minimum atomic E-state index is -0.109. The molecule has 7 nitrogen and oxygen atoms in total. The molecular weight excluding hydrogens is 462 g/mol. The SMILES string of the molecule is COc1cc2nc(SCC(=O)N3CC(C)CC(C)C3)n(CCC3=CCCCC3)c(=O)c2cc1OC. The molecule has 0 saturated carbocycles. The lowest BCUT2D eigenvalue weighted by Crippen LogP contribution is -2.43. The van der Waals surface area contributed by atoms with E-state index in [2.05, 4.69) is 19.9 Å². The number of allylic oxidation sites excluding steroid dienone is 2. The van der Waals surface area contributed by atoms with Crippen molar-refractivity contribution in [1.29, 1.82) is 0 Å². The van der Waals surface area contributed by atoms with Gasteiger partial charge in [0.1, 0.15) is 0 Å². The van der Waals surface area contributed by atoms with E-state index in [1.807, 2.05) is 4.90 Å². The zero-order valence-corrected chi connectivity index (χ0v) is 22.2. The Kier molecular flexibility index (Phi) is 8.42. The number of benzene rings is 1. The van der Waals surface area contributed by atoms with Crippen molar-refractivity contribution >= 4 is 28.6 Å². The Balaban J connectivity index is 1.64. The second kappa shape index (κ2) is 11.5. The van der Waals surface area contributed by atoms with Gasteiger partial charge in [0.05, 0.1) is 30.9 Å². The highest BCUT2D eigenvalue weighted by atomic mass is 32.2. The fourth-order valence-corrected chi connectivity index (χ4v) is 6.23. The third-order valence-corrected chi connectivity index (χ3v) is 7.97. The third kappa shape index (κ3) is 6.02. The number of likely N-dealkylation sites (tertiary alicyclic amines) is 1. The maximum Gasteiger partial charge on any atom is 0.262 e. The number of thioether (sulfide) groups is 1. The number of ether oxygens (including phenoxy) is 2. The van der Waals surface area contributed by atoms with Crippen LogP contribution in [0.2, 0.25) is 0 Å². The van der Waals surface area contributed by atoms with E-state index in [0.29, 0.717) is 45.9 Å². The van der Waals surface area contributed by atoms with Crippen LogP contribution in [-0.2, 0) is 11.3 Å². The van der Waals surface area contributed by atoms with Crippen LogP contribution in [0.4, 0.5) is 0 Å². The average Bonchev–Trinajstić information content (AvgIpc) is 2.86. The van der Waals surface area contributed by atoms with Crippen LogP contribution in [0.3, 0.4) is 0 Å². The highest BCUT2D eigenvalue weighted by Crippen LogP contribution is 2.32. The molecule has 1 aromatic carbocycles. The van der Waals surface area contributed by atoms with E-state index in [1.54, 1.807) is 30.9 Å². The largest absolute Gasteiger partial charge is 0.493 e. The summed E-state index contributed by atoms with van der Waals surface area (Å²) in [6.45, 7) is 6.55. The van der Waals surface area contributed by atoms with Crippen LogP contribution in [0.25, 0.3) is 10.9 Å². The fraction of sp³-hybridized carbons (Fsp3) is 0.593. The molecule has 1 aliphatic carbocycles. The number of methoxy groups -OCH3 is 2. The number of hydrogen-bond acceptors (Lipinski definition) is 6. The van der Waals surface area contributed by atoms with E-state index in [-0.39, 0.29) is 17.2 Å². The second-order valence-electron chi connectivity index (χ2n) is 9.97. The predicted molar refractivity (Wildman–Crippen MR) is 141 cm³/mol. The number of fused-ring (bicyclic) bond motifs is 1. The first-order chi connectivity index (χ1) is 16.9. The molecule has 1 amide bonds. The van der Waals surface area contributed by atoms with Crippen molar-refractivity contribution in [3.63, 3.8) is 0 Å². The van der Waals surface area contributed by atoms with Gasteiger partial charge < -0.3 is 14.4 Å². The van der Waals surface area contributed by atoms with Gasteiger partial charge in [0.25, 0.3) is 5.56 Å². The first kappa shape index (κ1) is 25.6. The molecule has 2 heterocycles. The summed E-state index contributed by atoms with van der Waals surface area (Å²) in [7, 11) is 3.13. The van der Waals surface area contributed by atoms with Gasteiger partial charge in [-0.25, -0.2) is 4.98 Å². The molecule has 2 aliphatic rings. The monoisotopic (exact) mass is 499 g/mol. The molecule has 0 spiro atoms.